The average molecular weight is 558 g/mol. The fraction of sp³-hybridized carbons (Fsp3) is 0.0952. The molecule has 0 spiro atoms. The van der Waals surface area contributed by atoms with E-state index in [0.717, 1.165) is 21.3 Å². The maximum Gasteiger partial charge on any atom is 0.339 e. The molecule has 0 unspecified atom stereocenters. The second-order valence-corrected chi connectivity index (χ2v) is 10.0. The molecule has 150 valence electrons. The number of benzene rings is 3. The molecule has 0 aliphatic rings. The zero-order valence-electron chi connectivity index (χ0n) is 15.5. The van der Waals surface area contributed by atoms with Gasteiger partial charge in [0.15, 0.2) is 5.75 Å². The molecule has 8 heteroatoms. The topological polar surface area (TPSA) is 55.7 Å². The summed E-state index contributed by atoms with van der Waals surface area (Å²) in [5.41, 5.74) is 3.48. The molecule has 0 bridgehead atoms. The molecule has 3 rings (SSSR count). The Morgan fingerprint density at radius 2 is 1.72 bits per heavy atom. The lowest BCUT2D eigenvalue weighted by atomic mass is 10.1. The van der Waals surface area contributed by atoms with Gasteiger partial charge < -0.3 is 4.18 Å². The lowest BCUT2D eigenvalue weighted by molar-refractivity contribution is 0.484. The second kappa shape index (κ2) is 9.00. The minimum atomic E-state index is -4.05. The Labute approximate surface area is 192 Å². The maximum atomic E-state index is 12.7. The summed E-state index contributed by atoms with van der Waals surface area (Å²) in [7, 11) is -4.05. The third-order valence-electron chi connectivity index (χ3n) is 4.25. The first kappa shape index (κ1) is 22.0. The van der Waals surface area contributed by atoms with Crippen LogP contribution in [0.3, 0.4) is 0 Å². The van der Waals surface area contributed by atoms with Crippen LogP contribution in [0.4, 0.5) is 5.69 Å². The molecule has 29 heavy (non-hydrogen) atoms. The molecule has 0 saturated carbocycles. The van der Waals surface area contributed by atoms with Gasteiger partial charge in [-0.15, -0.1) is 0 Å². The van der Waals surface area contributed by atoms with E-state index in [1.165, 1.54) is 24.3 Å². The van der Waals surface area contributed by atoms with Crippen molar-refractivity contribution in [3.05, 3.63) is 85.3 Å². The summed E-state index contributed by atoms with van der Waals surface area (Å²) in [4.78, 5) is 4.54. The number of hydrogen-bond acceptors (Lipinski definition) is 4. The van der Waals surface area contributed by atoms with Gasteiger partial charge >= 0.3 is 10.1 Å². The third-order valence-corrected chi connectivity index (χ3v) is 6.79. The van der Waals surface area contributed by atoms with E-state index in [4.69, 9.17) is 15.8 Å². The summed E-state index contributed by atoms with van der Waals surface area (Å²) < 4.78 is 32.2. The van der Waals surface area contributed by atoms with E-state index in [-0.39, 0.29) is 10.6 Å². The Morgan fingerprint density at radius 3 is 2.41 bits per heavy atom. The Morgan fingerprint density at radius 1 is 1.03 bits per heavy atom. The van der Waals surface area contributed by atoms with Gasteiger partial charge in [-0.3, -0.25) is 4.99 Å². The van der Waals surface area contributed by atoms with E-state index in [1.807, 2.05) is 32.0 Å². The van der Waals surface area contributed by atoms with E-state index in [1.54, 1.807) is 18.3 Å². The van der Waals surface area contributed by atoms with Crippen LogP contribution in [0.25, 0.3) is 0 Å². The Balaban J connectivity index is 2.02. The summed E-state index contributed by atoms with van der Waals surface area (Å²) in [6.07, 6.45) is 1.59. The molecular weight excluding hydrogens is 542 g/mol. The minimum absolute atomic E-state index is 0.00846. The normalized spacial score (nSPS) is 11.8. The van der Waals surface area contributed by atoms with Crippen LogP contribution in [-0.2, 0) is 10.1 Å². The van der Waals surface area contributed by atoms with Gasteiger partial charge in [-0.1, -0.05) is 39.7 Å². The van der Waals surface area contributed by atoms with Gasteiger partial charge in [-0.2, -0.15) is 8.42 Å². The van der Waals surface area contributed by atoms with E-state index >= 15 is 0 Å². The molecule has 0 amide bonds. The van der Waals surface area contributed by atoms with E-state index in [9.17, 15) is 8.42 Å². The number of rotatable bonds is 5. The summed E-state index contributed by atoms with van der Waals surface area (Å²) in [6, 6.07) is 15.1. The predicted molar refractivity (Wildman–Crippen MR) is 124 cm³/mol. The third kappa shape index (κ3) is 5.28. The van der Waals surface area contributed by atoms with Crippen molar-refractivity contribution in [1.29, 1.82) is 0 Å². The fourth-order valence-corrected chi connectivity index (χ4v) is 5.08. The van der Waals surface area contributed by atoms with Crippen molar-refractivity contribution in [2.75, 3.05) is 0 Å². The van der Waals surface area contributed by atoms with Gasteiger partial charge in [0.05, 0.1) is 10.2 Å². The van der Waals surface area contributed by atoms with E-state index in [2.05, 4.69) is 36.9 Å². The molecule has 3 aromatic rings. The smallest absolute Gasteiger partial charge is 0.339 e. The van der Waals surface area contributed by atoms with Crippen molar-refractivity contribution in [3.8, 4) is 5.75 Å². The Bertz CT molecular complexity index is 1190. The first-order chi connectivity index (χ1) is 13.7. The van der Waals surface area contributed by atoms with Gasteiger partial charge in [0.1, 0.15) is 4.90 Å². The largest absolute Gasteiger partial charge is 0.377 e. The lowest BCUT2D eigenvalue weighted by Crippen LogP contribution is -2.11. The minimum Gasteiger partial charge on any atom is -0.377 e. The van der Waals surface area contributed by atoms with Crippen molar-refractivity contribution < 1.29 is 12.6 Å². The van der Waals surface area contributed by atoms with Crippen LogP contribution < -0.4 is 4.18 Å². The van der Waals surface area contributed by atoms with Crippen LogP contribution in [0.1, 0.15) is 16.7 Å². The average Bonchev–Trinajstić information content (AvgIpc) is 2.66. The van der Waals surface area contributed by atoms with Crippen molar-refractivity contribution >= 4 is 65.5 Å². The lowest BCUT2D eigenvalue weighted by Gasteiger charge is -2.12. The highest BCUT2D eigenvalue weighted by atomic mass is 79.9. The van der Waals surface area contributed by atoms with Crippen LogP contribution in [-0.4, -0.2) is 14.6 Å². The van der Waals surface area contributed by atoms with Gasteiger partial charge in [0.2, 0.25) is 0 Å². The van der Waals surface area contributed by atoms with Crippen molar-refractivity contribution in [1.82, 2.24) is 0 Å². The van der Waals surface area contributed by atoms with Crippen LogP contribution in [0, 0.1) is 13.8 Å². The highest BCUT2D eigenvalue weighted by molar-refractivity contribution is 9.11. The number of halogens is 3. The van der Waals surface area contributed by atoms with Crippen molar-refractivity contribution in [2.45, 2.75) is 18.7 Å². The molecule has 0 atom stereocenters. The standard InChI is InChI=1S/C21H16Br2ClNO3S/c1-13-4-3-5-20(14(13)2)25-12-15-10-16(22)11-19(23)21(15)28-29(26,27)18-8-6-17(24)7-9-18/h3-12H,1-2H3. The Kier molecular flexibility index (Phi) is 6.83. The molecule has 0 N–H and O–H groups in total. The molecule has 0 heterocycles. The molecule has 0 saturated heterocycles. The molecule has 3 aromatic carbocycles. The predicted octanol–water partition coefficient (Wildman–Crippen LogP) is 7.00. The monoisotopic (exact) mass is 555 g/mol. The Hall–Kier alpha value is -1.67. The van der Waals surface area contributed by atoms with Crippen LogP contribution in [0.5, 0.6) is 5.75 Å². The van der Waals surface area contributed by atoms with Gasteiger partial charge in [-0.05, 0) is 83.4 Å². The van der Waals surface area contributed by atoms with E-state index in [0.29, 0.717) is 15.1 Å². The number of nitrogens with zero attached hydrogens (tertiary/aromatic N) is 1. The maximum absolute atomic E-state index is 12.7. The first-order valence-corrected chi connectivity index (χ1v) is 11.8. The summed E-state index contributed by atoms with van der Waals surface area (Å²) in [6.45, 7) is 4.00. The number of hydrogen-bond donors (Lipinski definition) is 0. The van der Waals surface area contributed by atoms with Crippen LogP contribution in [0.15, 0.2) is 73.4 Å². The van der Waals surface area contributed by atoms with Crippen molar-refractivity contribution in [2.24, 2.45) is 4.99 Å². The highest BCUT2D eigenvalue weighted by Crippen LogP contribution is 2.35. The molecule has 0 aliphatic heterocycles. The van der Waals surface area contributed by atoms with Gasteiger partial charge in [-0.25, -0.2) is 0 Å². The molecule has 0 aliphatic carbocycles. The van der Waals surface area contributed by atoms with Gasteiger partial charge in [0.25, 0.3) is 0 Å². The zero-order valence-corrected chi connectivity index (χ0v) is 20.2. The summed E-state index contributed by atoms with van der Waals surface area (Å²) in [5.74, 6) is 0.150. The fourth-order valence-electron chi connectivity index (χ4n) is 2.54. The highest BCUT2D eigenvalue weighted by Gasteiger charge is 2.21. The molecular formula is C21H16Br2ClNO3S. The van der Waals surface area contributed by atoms with Crippen LogP contribution in [0.2, 0.25) is 5.02 Å². The quantitative estimate of drug-likeness (QED) is 0.251. The summed E-state index contributed by atoms with van der Waals surface area (Å²) in [5, 5.41) is 0.440. The van der Waals surface area contributed by atoms with Gasteiger partial charge in [0, 0.05) is 21.3 Å². The van der Waals surface area contributed by atoms with Crippen LogP contribution >= 0.6 is 43.5 Å². The van der Waals surface area contributed by atoms with Crippen molar-refractivity contribution in [3.63, 3.8) is 0 Å². The molecule has 0 fully saturated rings. The number of aryl methyl sites for hydroxylation is 1. The molecule has 4 nitrogen and oxygen atoms in total. The second-order valence-electron chi connectivity index (χ2n) is 6.27. The zero-order chi connectivity index (χ0) is 21.2. The number of aliphatic imine (C=N–C) groups is 1. The SMILES string of the molecule is Cc1cccc(N=Cc2cc(Br)cc(Br)c2OS(=O)(=O)c2ccc(Cl)cc2)c1C. The molecule has 0 radical (unpaired) electrons. The molecule has 0 aromatic heterocycles. The summed E-state index contributed by atoms with van der Waals surface area (Å²) >= 11 is 12.7. The van der Waals surface area contributed by atoms with E-state index < -0.39 is 10.1 Å². The first-order valence-electron chi connectivity index (χ1n) is 8.47.